The van der Waals surface area contributed by atoms with Crippen LogP contribution in [0.1, 0.15) is 23.2 Å². The predicted octanol–water partition coefficient (Wildman–Crippen LogP) is 2.81. The van der Waals surface area contributed by atoms with Crippen molar-refractivity contribution in [2.24, 2.45) is 5.92 Å². The molecule has 10 heteroatoms. The zero-order valence-electron chi connectivity index (χ0n) is 13.6. The van der Waals surface area contributed by atoms with Gasteiger partial charge in [-0.05, 0) is 48.9 Å². The fraction of sp³-hybridized carbons (Fsp3) is 0.438. The van der Waals surface area contributed by atoms with E-state index in [1.54, 1.807) is 4.90 Å². The van der Waals surface area contributed by atoms with Gasteiger partial charge in [-0.3, -0.25) is 14.4 Å². The lowest BCUT2D eigenvalue weighted by Crippen LogP contribution is -2.40. The summed E-state index contributed by atoms with van der Waals surface area (Å²) in [6.07, 6.45) is 0.790. The van der Waals surface area contributed by atoms with Gasteiger partial charge in [0.15, 0.2) is 0 Å². The molecule has 1 aliphatic heterocycles. The highest BCUT2D eigenvalue weighted by Gasteiger charge is 2.29. The summed E-state index contributed by atoms with van der Waals surface area (Å²) < 4.78 is 36.2. The molecule has 0 unspecified atom stereocenters. The third kappa shape index (κ3) is 5.94. The van der Waals surface area contributed by atoms with E-state index in [0.717, 1.165) is 0 Å². The van der Waals surface area contributed by atoms with Crippen LogP contribution in [0.2, 0.25) is 0 Å². The quantitative estimate of drug-likeness (QED) is 0.807. The highest BCUT2D eigenvalue weighted by molar-refractivity contribution is 8.00. The normalized spacial score (nSPS) is 15.6. The van der Waals surface area contributed by atoms with Gasteiger partial charge in [0, 0.05) is 24.3 Å². The van der Waals surface area contributed by atoms with Crippen molar-refractivity contribution in [2.75, 3.05) is 24.2 Å². The Labute approximate surface area is 151 Å². The van der Waals surface area contributed by atoms with Crippen LogP contribution in [0.3, 0.4) is 0 Å². The number of rotatable bonds is 5. The number of aliphatic carboxylic acids is 1. The van der Waals surface area contributed by atoms with Crippen molar-refractivity contribution in [1.82, 2.24) is 4.90 Å². The van der Waals surface area contributed by atoms with Crippen molar-refractivity contribution in [1.29, 1.82) is 0 Å². The zero-order valence-corrected chi connectivity index (χ0v) is 14.4. The van der Waals surface area contributed by atoms with E-state index in [2.05, 4.69) is 5.32 Å². The summed E-state index contributed by atoms with van der Waals surface area (Å²) in [6, 6.07) is 5.82. The van der Waals surface area contributed by atoms with Crippen LogP contribution in [0.5, 0.6) is 0 Å². The van der Waals surface area contributed by atoms with Gasteiger partial charge in [0.2, 0.25) is 5.91 Å². The van der Waals surface area contributed by atoms with Gasteiger partial charge in [-0.1, -0.05) is 0 Å². The van der Waals surface area contributed by atoms with Gasteiger partial charge in [-0.25, -0.2) is 0 Å². The summed E-state index contributed by atoms with van der Waals surface area (Å²) in [4.78, 5) is 36.3. The molecule has 2 N–H and O–H groups in total. The number of carboxylic acid groups (broad SMARTS) is 1. The molecule has 0 bridgehead atoms. The third-order valence-corrected chi connectivity index (χ3v) is 4.65. The third-order valence-electron chi connectivity index (χ3n) is 3.91. The number of nitrogens with zero attached hydrogens (tertiary/aromatic N) is 1. The van der Waals surface area contributed by atoms with Crippen molar-refractivity contribution in [3.05, 3.63) is 29.8 Å². The average Bonchev–Trinajstić information content (AvgIpc) is 2.59. The van der Waals surface area contributed by atoms with Gasteiger partial charge in [0.25, 0.3) is 5.91 Å². The Hall–Kier alpha value is -2.23. The van der Waals surface area contributed by atoms with Crippen LogP contribution >= 0.6 is 11.8 Å². The van der Waals surface area contributed by atoms with Crippen LogP contribution in [0, 0.1) is 5.92 Å². The SMILES string of the molecule is O=C(CSC(F)(F)F)Nc1ccc(C(=O)N2CCC(C(=O)O)CC2)cc1. The number of amides is 2. The molecule has 0 atom stereocenters. The van der Waals surface area contributed by atoms with Crippen molar-refractivity contribution >= 4 is 35.2 Å². The lowest BCUT2D eigenvalue weighted by atomic mass is 9.96. The van der Waals surface area contributed by atoms with E-state index < -0.39 is 40.8 Å². The summed E-state index contributed by atoms with van der Waals surface area (Å²) >= 11 is -0.425. The molecule has 1 heterocycles. The largest absolute Gasteiger partial charge is 0.481 e. The van der Waals surface area contributed by atoms with Crippen LogP contribution < -0.4 is 5.32 Å². The topological polar surface area (TPSA) is 86.7 Å². The first kappa shape index (κ1) is 20.1. The highest BCUT2D eigenvalue weighted by Crippen LogP contribution is 2.30. The maximum atomic E-state index is 12.4. The zero-order chi connectivity index (χ0) is 19.3. The number of piperidine rings is 1. The van der Waals surface area contributed by atoms with Crippen molar-refractivity contribution < 1.29 is 32.7 Å². The minimum Gasteiger partial charge on any atom is -0.481 e. The van der Waals surface area contributed by atoms with Gasteiger partial charge >= 0.3 is 11.5 Å². The molecule has 2 rings (SSSR count). The van der Waals surface area contributed by atoms with Crippen LogP contribution in [0.4, 0.5) is 18.9 Å². The molecule has 1 aliphatic rings. The first-order chi connectivity index (χ1) is 12.2. The van der Waals surface area contributed by atoms with Gasteiger partial charge in [0.05, 0.1) is 11.7 Å². The number of hydrogen-bond donors (Lipinski definition) is 2. The van der Waals surface area contributed by atoms with Gasteiger partial charge < -0.3 is 15.3 Å². The smallest absolute Gasteiger partial charge is 0.442 e. The number of halogens is 3. The average molecular weight is 390 g/mol. The summed E-state index contributed by atoms with van der Waals surface area (Å²) in [5.74, 6) is -3.09. The summed E-state index contributed by atoms with van der Waals surface area (Å²) in [5, 5.41) is 11.3. The van der Waals surface area contributed by atoms with Crippen LogP contribution in [0.25, 0.3) is 0 Å². The number of nitrogens with one attached hydrogen (secondary N) is 1. The van der Waals surface area contributed by atoms with Crippen LogP contribution in [0.15, 0.2) is 24.3 Å². The van der Waals surface area contributed by atoms with E-state index in [9.17, 15) is 27.6 Å². The molecule has 6 nitrogen and oxygen atoms in total. The Morgan fingerprint density at radius 2 is 1.73 bits per heavy atom. The minimum absolute atomic E-state index is 0.251. The molecule has 1 aromatic rings. The number of thioether (sulfide) groups is 1. The Bertz CT molecular complexity index is 671. The lowest BCUT2D eigenvalue weighted by Gasteiger charge is -2.30. The molecule has 0 aromatic heterocycles. The molecular weight excluding hydrogens is 373 g/mol. The highest BCUT2D eigenvalue weighted by atomic mass is 32.2. The number of alkyl halides is 3. The monoisotopic (exact) mass is 390 g/mol. The fourth-order valence-corrected chi connectivity index (χ4v) is 2.92. The number of likely N-dealkylation sites (tertiary alicyclic amines) is 1. The minimum atomic E-state index is -4.47. The first-order valence-electron chi connectivity index (χ1n) is 7.78. The van der Waals surface area contributed by atoms with Gasteiger partial charge in [0.1, 0.15) is 0 Å². The maximum absolute atomic E-state index is 12.4. The Kier molecular flexibility index (Phi) is 6.52. The maximum Gasteiger partial charge on any atom is 0.442 e. The number of anilines is 1. The van der Waals surface area contributed by atoms with Crippen LogP contribution in [-0.2, 0) is 9.59 Å². The number of hydrogen-bond acceptors (Lipinski definition) is 4. The Balaban J connectivity index is 1.88. The fourth-order valence-electron chi connectivity index (χ4n) is 2.55. The summed E-state index contributed by atoms with van der Waals surface area (Å²) in [5.41, 5.74) is -3.82. The second-order valence-corrected chi connectivity index (χ2v) is 6.80. The predicted molar refractivity (Wildman–Crippen MR) is 89.8 cm³/mol. The van der Waals surface area contributed by atoms with E-state index >= 15 is 0 Å². The molecular formula is C16H17F3N2O4S. The Morgan fingerprint density at radius 3 is 2.23 bits per heavy atom. The molecule has 2 amide bonds. The lowest BCUT2D eigenvalue weighted by molar-refractivity contribution is -0.143. The molecule has 0 saturated carbocycles. The number of carbonyl (C=O) groups is 3. The molecule has 1 aromatic carbocycles. The Morgan fingerprint density at radius 1 is 1.15 bits per heavy atom. The van der Waals surface area contributed by atoms with E-state index in [1.165, 1.54) is 24.3 Å². The van der Waals surface area contributed by atoms with E-state index in [0.29, 0.717) is 37.2 Å². The second kappa shape index (κ2) is 8.43. The van der Waals surface area contributed by atoms with Gasteiger partial charge in [-0.15, -0.1) is 0 Å². The molecule has 1 saturated heterocycles. The molecule has 0 radical (unpaired) electrons. The second-order valence-electron chi connectivity index (χ2n) is 5.76. The van der Waals surface area contributed by atoms with E-state index in [1.807, 2.05) is 0 Å². The van der Waals surface area contributed by atoms with Crippen molar-refractivity contribution in [3.63, 3.8) is 0 Å². The molecule has 0 aliphatic carbocycles. The number of carboxylic acids is 1. The van der Waals surface area contributed by atoms with E-state index in [-0.39, 0.29) is 5.91 Å². The summed E-state index contributed by atoms with van der Waals surface area (Å²) in [6.45, 7) is 0.700. The number of carbonyl (C=O) groups excluding carboxylic acids is 2. The van der Waals surface area contributed by atoms with Crippen LogP contribution in [-0.4, -0.2) is 52.1 Å². The molecule has 142 valence electrons. The standard InChI is InChI=1S/C16H17F3N2O4S/c17-16(18,19)26-9-13(22)20-12-3-1-10(2-4-12)14(23)21-7-5-11(6-8-21)15(24)25/h1-4,11H,5-9H2,(H,20,22)(H,24,25). The molecule has 26 heavy (non-hydrogen) atoms. The molecule has 1 fully saturated rings. The molecule has 0 spiro atoms. The number of benzene rings is 1. The first-order valence-corrected chi connectivity index (χ1v) is 8.77. The van der Waals surface area contributed by atoms with Crippen molar-refractivity contribution in [2.45, 2.75) is 18.3 Å². The summed E-state index contributed by atoms with van der Waals surface area (Å²) in [7, 11) is 0. The van der Waals surface area contributed by atoms with E-state index in [4.69, 9.17) is 5.11 Å². The van der Waals surface area contributed by atoms with Gasteiger partial charge in [-0.2, -0.15) is 13.2 Å². The van der Waals surface area contributed by atoms with Crippen molar-refractivity contribution in [3.8, 4) is 0 Å².